The third kappa shape index (κ3) is 3.53. The Hall–Kier alpha value is -0.280. The first-order valence-electron chi connectivity index (χ1n) is 4.58. The standard InChI is InChI=1S/C9H17NO2.ClH/c1-7(2)10-5-3-4-8(6-10)9(11)12;/h7-8H,3-6H2,1-2H3,(H,11,12);1H. The minimum atomic E-state index is -0.639. The summed E-state index contributed by atoms with van der Waals surface area (Å²) >= 11 is 0. The third-order valence-electron chi connectivity index (χ3n) is 2.53. The normalized spacial score (nSPS) is 24.1. The molecule has 78 valence electrons. The highest BCUT2D eigenvalue weighted by Crippen LogP contribution is 2.18. The van der Waals surface area contributed by atoms with Crippen molar-refractivity contribution in [3.05, 3.63) is 0 Å². The van der Waals surface area contributed by atoms with Gasteiger partial charge in [-0.05, 0) is 33.2 Å². The van der Waals surface area contributed by atoms with Gasteiger partial charge in [0.1, 0.15) is 0 Å². The second kappa shape index (κ2) is 5.45. The van der Waals surface area contributed by atoms with Crippen LogP contribution in [0.5, 0.6) is 0 Å². The topological polar surface area (TPSA) is 40.5 Å². The molecule has 1 rings (SSSR count). The lowest BCUT2D eigenvalue weighted by Gasteiger charge is -2.33. The van der Waals surface area contributed by atoms with E-state index < -0.39 is 5.97 Å². The van der Waals surface area contributed by atoms with Gasteiger partial charge in [0.15, 0.2) is 0 Å². The molecule has 0 bridgehead atoms. The van der Waals surface area contributed by atoms with Crippen molar-refractivity contribution >= 4 is 18.4 Å². The van der Waals surface area contributed by atoms with E-state index in [1.165, 1.54) is 0 Å². The lowest BCUT2D eigenvalue weighted by atomic mass is 9.97. The fraction of sp³-hybridized carbons (Fsp3) is 0.889. The van der Waals surface area contributed by atoms with E-state index in [1.807, 2.05) is 0 Å². The van der Waals surface area contributed by atoms with Crippen molar-refractivity contribution in [3.63, 3.8) is 0 Å². The molecule has 3 nitrogen and oxygen atoms in total. The molecule has 0 spiro atoms. The molecule has 0 aliphatic carbocycles. The predicted octanol–water partition coefficient (Wildman–Crippen LogP) is 1.61. The van der Waals surface area contributed by atoms with Gasteiger partial charge >= 0.3 is 5.97 Å². The van der Waals surface area contributed by atoms with Crippen LogP contribution in [0.2, 0.25) is 0 Å². The molecule has 1 heterocycles. The molecule has 13 heavy (non-hydrogen) atoms. The van der Waals surface area contributed by atoms with Gasteiger partial charge in [-0.1, -0.05) is 0 Å². The minimum Gasteiger partial charge on any atom is -0.481 e. The summed E-state index contributed by atoms with van der Waals surface area (Å²) in [7, 11) is 0. The SMILES string of the molecule is CC(C)N1CCCC(C(=O)O)C1.Cl. The highest BCUT2D eigenvalue weighted by Gasteiger charge is 2.26. The van der Waals surface area contributed by atoms with E-state index >= 15 is 0 Å². The van der Waals surface area contributed by atoms with Crippen LogP contribution in [0.25, 0.3) is 0 Å². The van der Waals surface area contributed by atoms with E-state index in [0.717, 1.165) is 25.9 Å². The molecule has 1 aliphatic rings. The second-order valence-corrected chi connectivity index (χ2v) is 3.77. The van der Waals surface area contributed by atoms with Gasteiger partial charge in [0, 0.05) is 12.6 Å². The van der Waals surface area contributed by atoms with Crippen molar-refractivity contribution in [2.75, 3.05) is 13.1 Å². The van der Waals surface area contributed by atoms with Crippen LogP contribution < -0.4 is 0 Å². The Morgan fingerprint density at radius 3 is 2.62 bits per heavy atom. The Labute approximate surface area is 85.5 Å². The van der Waals surface area contributed by atoms with Gasteiger partial charge in [-0.25, -0.2) is 0 Å². The summed E-state index contributed by atoms with van der Waals surface area (Å²) in [5.74, 6) is -0.776. The summed E-state index contributed by atoms with van der Waals surface area (Å²) in [6.45, 7) is 6.02. The van der Waals surface area contributed by atoms with Gasteiger partial charge in [0.2, 0.25) is 0 Å². The Morgan fingerprint density at radius 1 is 1.54 bits per heavy atom. The van der Waals surface area contributed by atoms with Gasteiger partial charge in [-0.3, -0.25) is 4.79 Å². The molecule has 0 aromatic carbocycles. The fourth-order valence-corrected chi connectivity index (χ4v) is 1.68. The van der Waals surface area contributed by atoms with E-state index in [2.05, 4.69) is 18.7 Å². The summed E-state index contributed by atoms with van der Waals surface area (Å²) in [6.07, 6.45) is 1.87. The molecule has 0 aromatic rings. The zero-order valence-electron chi connectivity index (χ0n) is 8.19. The van der Waals surface area contributed by atoms with Crippen LogP contribution in [0.3, 0.4) is 0 Å². The first-order valence-corrected chi connectivity index (χ1v) is 4.58. The number of nitrogens with zero attached hydrogens (tertiary/aromatic N) is 1. The number of hydrogen-bond acceptors (Lipinski definition) is 2. The first kappa shape index (κ1) is 12.7. The number of rotatable bonds is 2. The summed E-state index contributed by atoms with van der Waals surface area (Å²) in [5, 5.41) is 8.81. The number of carbonyl (C=O) groups is 1. The van der Waals surface area contributed by atoms with Gasteiger partial charge in [0.25, 0.3) is 0 Å². The van der Waals surface area contributed by atoms with Gasteiger partial charge in [-0.15, -0.1) is 12.4 Å². The van der Waals surface area contributed by atoms with Gasteiger partial charge in [-0.2, -0.15) is 0 Å². The summed E-state index contributed by atoms with van der Waals surface area (Å²) in [5.41, 5.74) is 0. The lowest BCUT2D eigenvalue weighted by Crippen LogP contribution is -2.42. The minimum absolute atomic E-state index is 0. The first-order chi connectivity index (χ1) is 5.61. The molecular formula is C9H18ClNO2. The van der Waals surface area contributed by atoms with Crippen molar-refractivity contribution < 1.29 is 9.90 Å². The lowest BCUT2D eigenvalue weighted by molar-refractivity contribution is -0.143. The predicted molar refractivity (Wildman–Crippen MR) is 54.3 cm³/mol. The maximum atomic E-state index is 10.7. The van der Waals surface area contributed by atoms with Crippen LogP contribution in [-0.4, -0.2) is 35.1 Å². The number of likely N-dealkylation sites (tertiary alicyclic amines) is 1. The molecule has 0 amide bonds. The van der Waals surface area contributed by atoms with E-state index in [-0.39, 0.29) is 18.3 Å². The third-order valence-corrected chi connectivity index (χ3v) is 2.53. The van der Waals surface area contributed by atoms with Crippen molar-refractivity contribution in [1.82, 2.24) is 4.90 Å². The van der Waals surface area contributed by atoms with Crippen LogP contribution in [0.1, 0.15) is 26.7 Å². The van der Waals surface area contributed by atoms with Crippen molar-refractivity contribution in [3.8, 4) is 0 Å². The van der Waals surface area contributed by atoms with Crippen LogP contribution >= 0.6 is 12.4 Å². The van der Waals surface area contributed by atoms with Crippen molar-refractivity contribution in [1.29, 1.82) is 0 Å². The highest BCUT2D eigenvalue weighted by molar-refractivity contribution is 5.85. The molecule has 0 saturated carbocycles. The Morgan fingerprint density at radius 2 is 2.15 bits per heavy atom. The molecule has 1 N–H and O–H groups in total. The summed E-state index contributed by atoms with van der Waals surface area (Å²) in [6, 6.07) is 0.479. The smallest absolute Gasteiger partial charge is 0.307 e. The van der Waals surface area contributed by atoms with Crippen LogP contribution in [0.4, 0.5) is 0 Å². The number of hydrogen-bond donors (Lipinski definition) is 1. The highest BCUT2D eigenvalue weighted by atomic mass is 35.5. The Balaban J connectivity index is 0.00000144. The monoisotopic (exact) mass is 207 g/mol. The molecule has 1 saturated heterocycles. The largest absolute Gasteiger partial charge is 0.481 e. The van der Waals surface area contributed by atoms with Gasteiger partial charge in [0.05, 0.1) is 5.92 Å². The Bertz CT molecular complexity index is 173. The van der Waals surface area contributed by atoms with E-state index in [4.69, 9.17) is 5.11 Å². The molecule has 0 radical (unpaired) electrons. The number of aliphatic carboxylic acids is 1. The van der Waals surface area contributed by atoms with Crippen molar-refractivity contribution in [2.45, 2.75) is 32.7 Å². The molecule has 4 heteroatoms. The van der Waals surface area contributed by atoms with Crippen LogP contribution in [-0.2, 0) is 4.79 Å². The maximum Gasteiger partial charge on any atom is 0.307 e. The van der Waals surface area contributed by atoms with Crippen LogP contribution in [0, 0.1) is 5.92 Å². The zero-order chi connectivity index (χ0) is 9.14. The van der Waals surface area contributed by atoms with Crippen molar-refractivity contribution in [2.24, 2.45) is 5.92 Å². The van der Waals surface area contributed by atoms with E-state index in [1.54, 1.807) is 0 Å². The number of piperidine rings is 1. The fourth-order valence-electron chi connectivity index (χ4n) is 1.68. The summed E-state index contributed by atoms with van der Waals surface area (Å²) < 4.78 is 0. The van der Waals surface area contributed by atoms with Crippen LogP contribution in [0.15, 0.2) is 0 Å². The number of carboxylic acid groups (broad SMARTS) is 1. The second-order valence-electron chi connectivity index (χ2n) is 3.77. The average molecular weight is 208 g/mol. The molecule has 1 aliphatic heterocycles. The van der Waals surface area contributed by atoms with Gasteiger partial charge < -0.3 is 10.0 Å². The maximum absolute atomic E-state index is 10.7. The number of halogens is 1. The molecule has 0 aromatic heterocycles. The van der Waals surface area contributed by atoms with E-state index in [9.17, 15) is 4.79 Å². The summed E-state index contributed by atoms with van der Waals surface area (Å²) in [4.78, 5) is 12.9. The molecule has 1 atom stereocenters. The molecule has 1 unspecified atom stereocenters. The quantitative estimate of drug-likeness (QED) is 0.748. The molecule has 1 fully saturated rings. The number of carboxylic acids is 1. The zero-order valence-corrected chi connectivity index (χ0v) is 9.01. The molecular weight excluding hydrogens is 190 g/mol. The van der Waals surface area contributed by atoms with E-state index in [0.29, 0.717) is 6.04 Å². The Kier molecular flexibility index (Phi) is 5.33. The average Bonchev–Trinajstić information content (AvgIpc) is 2.04.